The van der Waals surface area contributed by atoms with Crippen molar-refractivity contribution in [2.75, 3.05) is 33.3 Å². The highest BCUT2D eigenvalue weighted by molar-refractivity contribution is 5.85. The molecule has 0 unspecified atom stereocenters. The summed E-state index contributed by atoms with van der Waals surface area (Å²) < 4.78 is 5.31. The topological polar surface area (TPSA) is 75.9 Å². The van der Waals surface area contributed by atoms with Gasteiger partial charge >= 0.3 is 0 Å². The summed E-state index contributed by atoms with van der Waals surface area (Å²) >= 11 is 0. The number of carbonyl (C=O) groups excluding carboxylic acids is 2. The van der Waals surface area contributed by atoms with Crippen LogP contribution in [-0.2, 0) is 14.3 Å². The maximum Gasteiger partial charge on any atom is 0.248 e. The molecule has 2 rings (SSSR count). The molecule has 0 bridgehead atoms. The Morgan fingerprint density at radius 3 is 2.68 bits per heavy atom. The highest BCUT2D eigenvalue weighted by Gasteiger charge is 2.33. The molecule has 1 aromatic carbocycles. The molecule has 0 spiro atoms. The number of morpholine rings is 1. The Morgan fingerprint density at radius 2 is 2.09 bits per heavy atom. The molecule has 1 heterocycles. The third-order valence-electron chi connectivity index (χ3n) is 3.98. The Balaban J connectivity index is 2.20. The largest absolute Gasteiger partial charge is 0.367 e. The van der Waals surface area contributed by atoms with Crippen LogP contribution in [0.2, 0.25) is 0 Å². The zero-order chi connectivity index (χ0) is 16.1. The lowest BCUT2D eigenvalue weighted by Gasteiger charge is -2.36. The zero-order valence-corrected chi connectivity index (χ0v) is 13.1. The van der Waals surface area contributed by atoms with E-state index >= 15 is 0 Å². The molecule has 6 nitrogen and oxygen atoms in total. The van der Waals surface area contributed by atoms with Crippen molar-refractivity contribution in [3.05, 3.63) is 35.9 Å². The zero-order valence-electron chi connectivity index (χ0n) is 13.1. The lowest BCUT2D eigenvalue weighted by molar-refractivity contribution is -0.149. The van der Waals surface area contributed by atoms with Crippen LogP contribution in [0.25, 0.3) is 0 Å². The van der Waals surface area contributed by atoms with Crippen LogP contribution in [-0.4, -0.2) is 61.0 Å². The van der Waals surface area contributed by atoms with Gasteiger partial charge in [0.25, 0.3) is 0 Å². The Kier molecular flexibility index (Phi) is 5.51. The molecule has 0 saturated carbocycles. The Morgan fingerprint density at radius 1 is 1.41 bits per heavy atom. The standard InChI is InChI=1S/C16H23N3O3/c1-3-18(2)14(12-7-5-4-6-8-12)16(21)19-9-10-22-13(11-19)15(17)20/h4-8,13-14H,3,9-11H2,1-2H3,(H2,17,20)/t13-,14-/m1/s1. The molecule has 1 saturated heterocycles. The van der Waals surface area contributed by atoms with Gasteiger partial charge in [-0.3, -0.25) is 14.5 Å². The van der Waals surface area contributed by atoms with Gasteiger partial charge in [0.1, 0.15) is 6.04 Å². The van der Waals surface area contributed by atoms with Gasteiger partial charge in [0, 0.05) is 6.54 Å². The maximum absolute atomic E-state index is 12.9. The van der Waals surface area contributed by atoms with Crippen LogP contribution < -0.4 is 5.73 Å². The number of benzene rings is 1. The second kappa shape index (κ2) is 7.38. The fourth-order valence-electron chi connectivity index (χ4n) is 2.60. The van der Waals surface area contributed by atoms with Crippen molar-refractivity contribution in [2.24, 2.45) is 5.73 Å². The van der Waals surface area contributed by atoms with E-state index in [1.165, 1.54) is 0 Å². The first-order valence-electron chi connectivity index (χ1n) is 7.49. The van der Waals surface area contributed by atoms with Gasteiger partial charge in [0.2, 0.25) is 11.8 Å². The summed E-state index contributed by atoms with van der Waals surface area (Å²) in [7, 11) is 1.92. The molecule has 2 N–H and O–H groups in total. The Hall–Kier alpha value is -1.92. The molecule has 1 aliphatic rings. The van der Waals surface area contributed by atoms with E-state index in [1.54, 1.807) is 4.90 Å². The number of rotatable bonds is 5. The number of nitrogens with two attached hydrogens (primary N) is 1. The van der Waals surface area contributed by atoms with E-state index in [4.69, 9.17) is 10.5 Å². The molecule has 6 heteroatoms. The molecule has 1 fully saturated rings. The van der Waals surface area contributed by atoms with Gasteiger partial charge < -0.3 is 15.4 Å². The first-order chi connectivity index (χ1) is 10.5. The second-order valence-electron chi connectivity index (χ2n) is 5.43. The molecule has 2 atom stereocenters. The molecule has 120 valence electrons. The molecule has 22 heavy (non-hydrogen) atoms. The van der Waals surface area contributed by atoms with E-state index in [2.05, 4.69) is 0 Å². The second-order valence-corrected chi connectivity index (χ2v) is 5.43. The smallest absolute Gasteiger partial charge is 0.248 e. The van der Waals surface area contributed by atoms with Crippen LogP contribution in [0.5, 0.6) is 0 Å². The minimum Gasteiger partial charge on any atom is -0.367 e. The summed E-state index contributed by atoms with van der Waals surface area (Å²) in [4.78, 5) is 27.9. The summed E-state index contributed by atoms with van der Waals surface area (Å²) in [5.74, 6) is -0.553. The van der Waals surface area contributed by atoms with Gasteiger partial charge in [-0.05, 0) is 19.2 Å². The van der Waals surface area contributed by atoms with E-state index in [9.17, 15) is 9.59 Å². The van der Waals surface area contributed by atoms with Crippen LogP contribution in [0.1, 0.15) is 18.5 Å². The van der Waals surface area contributed by atoms with Crippen molar-refractivity contribution in [2.45, 2.75) is 19.1 Å². The van der Waals surface area contributed by atoms with Gasteiger partial charge in [-0.2, -0.15) is 0 Å². The fraction of sp³-hybridized carbons (Fsp3) is 0.500. The van der Waals surface area contributed by atoms with Crippen LogP contribution in [0.4, 0.5) is 0 Å². The van der Waals surface area contributed by atoms with Crippen LogP contribution >= 0.6 is 0 Å². The van der Waals surface area contributed by atoms with Crippen molar-refractivity contribution >= 4 is 11.8 Å². The maximum atomic E-state index is 12.9. The molecular weight excluding hydrogens is 282 g/mol. The Labute approximate surface area is 130 Å². The molecule has 1 aromatic rings. The average molecular weight is 305 g/mol. The van der Waals surface area contributed by atoms with Crippen molar-refractivity contribution in [3.63, 3.8) is 0 Å². The summed E-state index contributed by atoms with van der Waals surface area (Å²) in [6.45, 7) is 3.78. The predicted octanol–water partition coefficient (Wildman–Crippen LogP) is 0.392. The first kappa shape index (κ1) is 16.5. The van der Waals surface area contributed by atoms with Crippen molar-refractivity contribution < 1.29 is 14.3 Å². The third kappa shape index (κ3) is 3.64. The van der Waals surface area contributed by atoms with Crippen molar-refractivity contribution in [3.8, 4) is 0 Å². The number of hydrogen-bond donors (Lipinski definition) is 1. The van der Waals surface area contributed by atoms with Crippen LogP contribution in [0.15, 0.2) is 30.3 Å². The minimum atomic E-state index is -0.721. The number of likely N-dealkylation sites (N-methyl/N-ethyl adjacent to an activating group) is 1. The van der Waals surface area contributed by atoms with Gasteiger partial charge in [-0.25, -0.2) is 0 Å². The molecule has 1 aliphatic heterocycles. The van der Waals surface area contributed by atoms with E-state index in [-0.39, 0.29) is 18.5 Å². The van der Waals surface area contributed by atoms with Crippen LogP contribution in [0.3, 0.4) is 0 Å². The predicted molar refractivity (Wildman–Crippen MR) is 83.0 cm³/mol. The summed E-state index contributed by atoms with van der Waals surface area (Å²) in [5, 5.41) is 0. The fourth-order valence-corrected chi connectivity index (χ4v) is 2.60. The molecule has 0 aromatic heterocycles. The monoisotopic (exact) mass is 305 g/mol. The number of carbonyl (C=O) groups is 2. The van der Waals surface area contributed by atoms with E-state index < -0.39 is 12.0 Å². The normalized spacial score (nSPS) is 20.0. The minimum absolute atomic E-state index is 0.0231. The number of nitrogens with zero attached hydrogens (tertiary/aromatic N) is 2. The van der Waals surface area contributed by atoms with E-state index in [1.807, 2.05) is 49.2 Å². The summed E-state index contributed by atoms with van der Waals surface area (Å²) in [6, 6.07) is 9.30. The lowest BCUT2D eigenvalue weighted by Crippen LogP contribution is -2.53. The van der Waals surface area contributed by atoms with E-state index in [0.717, 1.165) is 12.1 Å². The van der Waals surface area contributed by atoms with Gasteiger partial charge in [-0.1, -0.05) is 37.3 Å². The van der Waals surface area contributed by atoms with Crippen LogP contribution in [0, 0.1) is 0 Å². The average Bonchev–Trinajstić information content (AvgIpc) is 2.55. The highest BCUT2D eigenvalue weighted by Crippen LogP contribution is 2.23. The van der Waals surface area contributed by atoms with E-state index in [0.29, 0.717) is 13.2 Å². The van der Waals surface area contributed by atoms with Gasteiger partial charge in [0.15, 0.2) is 6.10 Å². The third-order valence-corrected chi connectivity index (χ3v) is 3.98. The summed E-state index contributed by atoms with van der Waals surface area (Å²) in [6.07, 6.45) is -0.721. The first-order valence-corrected chi connectivity index (χ1v) is 7.49. The quantitative estimate of drug-likeness (QED) is 0.854. The molecule has 0 aliphatic carbocycles. The van der Waals surface area contributed by atoms with Gasteiger partial charge in [-0.15, -0.1) is 0 Å². The number of amides is 2. The van der Waals surface area contributed by atoms with Crippen molar-refractivity contribution in [1.29, 1.82) is 0 Å². The number of hydrogen-bond acceptors (Lipinski definition) is 4. The molecular formula is C16H23N3O3. The SMILES string of the molecule is CCN(C)[C@@H](C(=O)N1CCO[C@@H](C(N)=O)C1)c1ccccc1. The Bertz CT molecular complexity index is 521. The molecule has 0 radical (unpaired) electrons. The number of ether oxygens (including phenoxy) is 1. The van der Waals surface area contributed by atoms with Gasteiger partial charge in [0.05, 0.1) is 13.2 Å². The van der Waals surface area contributed by atoms with Crippen molar-refractivity contribution in [1.82, 2.24) is 9.80 Å². The highest BCUT2D eigenvalue weighted by atomic mass is 16.5. The number of primary amides is 1. The molecule has 2 amide bonds. The summed E-state index contributed by atoms with van der Waals surface area (Å²) in [5.41, 5.74) is 6.23. The lowest BCUT2D eigenvalue weighted by atomic mass is 10.0.